The van der Waals surface area contributed by atoms with Crippen LogP contribution in [0.25, 0.3) is 0 Å². The minimum absolute atomic E-state index is 0. The summed E-state index contributed by atoms with van der Waals surface area (Å²) in [6.07, 6.45) is 3.57. The van der Waals surface area contributed by atoms with Crippen LogP contribution in [0.1, 0.15) is 49.7 Å². The fraction of sp³-hybridized carbons (Fsp3) is 0.444. The molecule has 2 atom stereocenters. The molecule has 1 aromatic carbocycles. The first-order valence-electron chi connectivity index (χ1n) is 12.7. The van der Waals surface area contributed by atoms with Gasteiger partial charge < -0.3 is 25.3 Å². The first-order chi connectivity index (χ1) is 18.6. The van der Waals surface area contributed by atoms with Crippen LogP contribution in [0.3, 0.4) is 0 Å². The summed E-state index contributed by atoms with van der Waals surface area (Å²) in [5.41, 5.74) is 2.36. The van der Waals surface area contributed by atoms with Gasteiger partial charge in [-0.3, -0.25) is 9.35 Å². The predicted molar refractivity (Wildman–Crippen MR) is 148 cm³/mol. The molecule has 2 aliphatic rings. The van der Waals surface area contributed by atoms with E-state index in [2.05, 4.69) is 4.98 Å². The Morgan fingerprint density at radius 3 is 2.60 bits per heavy atom. The fourth-order valence-electron chi connectivity index (χ4n) is 4.71. The molecule has 0 spiro atoms. The van der Waals surface area contributed by atoms with E-state index in [1.807, 2.05) is 0 Å². The molecule has 1 fully saturated rings. The Morgan fingerprint density at radius 2 is 1.98 bits per heavy atom. The van der Waals surface area contributed by atoms with Crippen LogP contribution in [0.2, 0.25) is 5.15 Å². The molecule has 4 N–H and O–H groups in total. The summed E-state index contributed by atoms with van der Waals surface area (Å²) in [7, 11) is -4.02. The van der Waals surface area contributed by atoms with Crippen LogP contribution in [0.4, 0.5) is 0 Å². The second-order valence-electron chi connectivity index (χ2n) is 9.52. The third-order valence-corrected chi connectivity index (χ3v) is 7.74. The zero-order valence-electron chi connectivity index (χ0n) is 22.3. The van der Waals surface area contributed by atoms with Crippen molar-refractivity contribution in [2.45, 2.75) is 51.2 Å². The van der Waals surface area contributed by atoms with E-state index in [0.717, 1.165) is 18.4 Å². The normalized spacial score (nSPS) is 19.4. The topological polar surface area (TPSA) is 167 Å². The Labute approximate surface area is 238 Å². The van der Waals surface area contributed by atoms with E-state index in [1.54, 1.807) is 54.4 Å². The predicted octanol–water partition coefficient (Wildman–Crippen LogP) is 4.07. The second kappa shape index (κ2) is 14.0. The number of rotatable bonds is 11. The lowest BCUT2D eigenvalue weighted by Crippen LogP contribution is -2.42. The molecule has 11 nitrogen and oxygen atoms in total. The maximum Gasteiger partial charge on any atom is 0.336 e. The Kier molecular flexibility index (Phi) is 11.1. The van der Waals surface area contributed by atoms with Gasteiger partial charge in [-0.2, -0.15) is 8.42 Å². The highest BCUT2D eigenvalue weighted by molar-refractivity contribution is 7.85. The lowest BCUT2D eigenvalue weighted by Gasteiger charge is -2.35. The monoisotopic (exact) mass is 595 g/mol. The summed E-state index contributed by atoms with van der Waals surface area (Å²) < 4.78 is 47.3. The van der Waals surface area contributed by atoms with Crippen molar-refractivity contribution in [1.82, 2.24) is 16.0 Å². The van der Waals surface area contributed by atoms with Crippen LogP contribution in [0.15, 0.2) is 53.9 Å². The van der Waals surface area contributed by atoms with Crippen molar-refractivity contribution >= 4 is 33.6 Å². The molecule has 13 heteroatoms. The number of nitrogens with zero attached hydrogens (tertiary/aromatic N) is 2. The van der Waals surface area contributed by atoms with Crippen molar-refractivity contribution < 1.29 is 36.8 Å². The minimum atomic E-state index is -4.02. The number of amides is 1. The van der Waals surface area contributed by atoms with E-state index in [1.165, 1.54) is 0 Å². The third-order valence-electron chi connectivity index (χ3n) is 6.71. The van der Waals surface area contributed by atoms with Crippen LogP contribution in [-0.2, 0) is 35.8 Å². The molecular formula is C27H34ClN3O8S. The summed E-state index contributed by atoms with van der Waals surface area (Å²) in [5.74, 6) is -0.992. The number of carbonyl (C=O) groups is 2. The average molecular weight is 596 g/mol. The number of benzene rings is 1. The number of pyridine rings is 1. The molecule has 2 aliphatic heterocycles. The molecule has 218 valence electrons. The standard InChI is InChI=1S/C27H31ClN2O8S.H3N/c1-18-26(27(32)38-17-19-5-8-21(9-6-19)36-12-3-13-39(33,34)35)23(20-7-10-24(28)29-15-20)14-25(31)30(18)16-22-4-2-11-37-22;/h5-10,15,22-23H,2-4,11-14,16-17H2,1H3,(H,33,34,35);1H3/t22-,23-;/m1./s1. The Morgan fingerprint density at radius 1 is 1.23 bits per heavy atom. The highest BCUT2D eigenvalue weighted by Crippen LogP contribution is 2.37. The molecule has 0 saturated carbocycles. The van der Waals surface area contributed by atoms with Gasteiger partial charge in [-0.1, -0.05) is 29.8 Å². The summed E-state index contributed by atoms with van der Waals surface area (Å²) in [4.78, 5) is 32.4. The van der Waals surface area contributed by atoms with Gasteiger partial charge in [0.2, 0.25) is 5.91 Å². The van der Waals surface area contributed by atoms with Crippen LogP contribution in [-0.4, -0.2) is 66.3 Å². The quantitative estimate of drug-likeness (QED) is 0.167. The molecule has 2 aromatic rings. The molecule has 1 aromatic heterocycles. The van der Waals surface area contributed by atoms with Crippen molar-refractivity contribution in [3.05, 3.63) is 70.1 Å². The molecule has 0 unspecified atom stereocenters. The van der Waals surface area contributed by atoms with E-state index in [4.69, 9.17) is 30.4 Å². The second-order valence-corrected chi connectivity index (χ2v) is 11.5. The maximum absolute atomic E-state index is 13.5. The van der Waals surface area contributed by atoms with E-state index in [9.17, 15) is 18.0 Å². The number of hydrogen-bond donors (Lipinski definition) is 2. The van der Waals surface area contributed by atoms with Crippen LogP contribution >= 0.6 is 11.6 Å². The van der Waals surface area contributed by atoms with Gasteiger partial charge in [0.15, 0.2) is 0 Å². The lowest BCUT2D eigenvalue weighted by molar-refractivity contribution is -0.141. The minimum Gasteiger partial charge on any atom is -0.494 e. The number of ether oxygens (including phenoxy) is 3. The molecule has 1 amide bonds. The summed E-state index contributed by atoms with van der Waals surface area (Å²) in [6, 6.07) is 10.2. The molecular weight excluding hydrogens is 562 g/mol. The SMILES string of the molecule is CC1=C(C(=O)OCc2ccc(OCCCS(=O)(=O)O)cc2)[C@@H](c2ccc(Cl)nc2)CC(=O)N1C[C@H]1CCCO1.N. The van der Waals surface area contributed by atoms with Gasteiger partial charge in [-0.15, -0.1) is 0 Å². The summed E-state index contributed by atoms with van der Waals surface area (Å²) in [5, 5.41) is 0.316. The van der Waals surface area contributed by atoms with Gasteiger partial charge in [0.1, 0.15) is 17.5 Å². The smallest absolute Gasteiger partial charge is 0.336 e. The average Bonchev–Trinajstić information content (AvgIpc) is 3.41. The van der Waals surface area contributed by atoms with Gasteiger partial charge in [0, 0.05) is 30.8 Å². The number of carbonyl (C=O) groups excluding carboxylic acids is 2. The first-order valence-corrected chi connectivity index (χ1v) is 14.7. The third kappa shape index (κ3) is 8.48. The van der Waals surface area contributed by atoms with E-state index < -0.39 is 22.0 Å². The van der Waals surface area contributed by atoms with Gasteiger partial charge in [0.25, 0.3) is 10.1 Å². The Balaban J connectivity index is 0.00000441. The molecule has 4 rings (SSSR count). The van der Waals surface area contributed by atoms with Crippen molar-refractivity contribution in [2.24, 2.45) is 0 Å². The van der Waals surface area contributed by atoms with Crippen molar-refractivity contribution in [3.63, 3.8) is 0 Å². The van der Waals surface area contributed by atoms with Crippen LogP contribution < -0.4 is 10.9 Å². The fourth-order valence-corrected chi connectivity index (χ4v) is 5.30. The summed E-state index contributed by atoms with van der Waals surface area (Å²) >= 11 is 5.96. The number of aromatic nitrogens is 1. The maximum atomic E-state index is 13.5. The zero-order chi connectivity index (χ0) is 28.0. The zero-order valence-corrected chi connectivity index (χ0v) is 23.8. The van der Waals surface area contributed by atoms with E-state index in [0.29, 0.717) is 40.9 Å². The van der Waals surface area contributed by atoms with E-state index >= 15 is 0 Å². The Bertz CT molecular complexity index is 1310. The molecule has 0 aliphatic carbocycles. The van der Waals surface area contributed by atoms with Gasteiger partial charge >= 0.3 is 5.97 Å². The molecule has 0 bridgehead atoms. The number of allylic oxidation sites excluding steroid dienone is 1. The number of esters is 1. The van der Waals surface area contributed by atoms with Gasteiger partial charge in [-0.25, -0.2) is 9.78 Å². The number of hydrogen-bond acceptors (Lipinski definition) is 9. The number of halogens is 1. The van der Waals surface area contributed by atoms with Crippen LogP contribution in [0, 0.1) is 0 Å². The summed E-state index contributed by atoms with van der Waals surface area (Å²) in [6.45, 7) is 2.94. The van der Waals surface area contributed by atoms with Crippen molar-refractivity contribution in [3.8, 4) is 5.75 Å². The van der Waals surface area contributed by atoms with Gasteiger partial charge in [-0.05, 0) is 55.5 Å². The molecule has 40 heavy (non-hydrogen) atoms. The van der Waals surface area contributed by atoms with E-state index in [-0.39, 0.29) is 50.0 Å². The molecule has 3 heterocycles. The molecule has 0 radical (unpaired) electrons. The highest BCUT2D eigenvalue weighted by Gasteiger charge is 2.38. The molecule has 1 saturated heterocycles. The lowest BCUT2D eigenvalue weighted by atomic mass is 9.84. The largest absolute Gasteiger partial charge is 0.494 e. The van der Waals surface area contributed by atoms with Crippen molar-refractivity contribution in [1.29, 1.82) is 0 Å². The van der Waals surface area contributed by atoms with Gasteiger partial charge in [0.05, 0.1) is 30.6 Å². The highest BCUT2D eigenvalue weighted by atomic mass is 35.5. The first kappa shape index (κ1) is 31.5. The van der Waals surface area contributed by atoms with Crippen LogP contribution in [0.5, 0.6) is 5.75 Å². The Hall–Kier alpha value is -3.03. The van der Waals surface area contributed by atoms with Crippen molar-refractivity contribution in [2.75, 3.05) is 25.5 Å².